The highest BCUT2D eigenvalue weighted by molar-refractivity contribution is 6.74. The van der Waals surface area contributed by atoms with E-state index in [0.717, 1.165) is 38.9 Å². The maximum absolute atomic E-state index is 12.4. The molecule has 0 fully saturated rings. The molecule has 0 rings (SSSR count). The molecule has 0 saturated carbocycles. The molecule has 28 heavy (non-hydrogen) atoms. The lowest BCUT2D eigenvalue weighted by Gasteiger charge is -2.36. The maximum Gasteiger partial charge on any atom is 0.308 e. The smallest absolute Gasteiger partial charge is 0.308 e. The molecule has 6 heteroatoms. The molecule has 0 amide bonds. The van der Waals surface area contributed by atoms with Gasteiger partial charge in [-0.15, -0.1) is 0 Å². The first-order chi connectivity index (χ1) is 12.5. The lowest BCUT2D eigenvalue weighted by Crippen LogP contribution is -2.41. The van der Waals surface area contributed by atoms with Crippen molar-refractivity contribution in [3.8, 4) is 0 Å². The summed E-state index contributed by atoms with van der Waals surface area (Å²) in [6.45, 7) is 26.4. The first kappa shape index (κ1) is 27.8. The average Bonchev–Trinajstić information content (AvgIpc) is 2.51. The van der Waals surface area contributed by atoms with Gasteiger partial charge in [-0.05, 0) is 68.9 Å². The van der Waals surface area contributed by atoms with Crippen LogP contribution in [0.5, 0.6) is 0 Å². The number of ether oxygens (including phenoxy) is 1. The molecule has 168 valence electrons. The summed E-state index contributed by atoms with van der Waals surface area (Å²) in [5, 5.41) is 0.434. The number of hydrogen-bond donors (Lipinski definition) is 0. The molecule has 0 aliphatic heterocycles. The lowest BCUT2D eigenvalue weighted by molar-refractivity contribution is -0.148. The SMILES string of the molecule is CCOC(=O)C(CCCO[Si](C)(C)C(C)(C)C)CCCO[Si](C)(C)C(C)(C)C. The topological polar surface area (TPSA) is 44.8 Å². The third-order valence-electron chi connectivity index (χ3n) is 6.55. The molecular weight excluding hydrogens is 384 g/mol. The van der Waals surface area contributed by atoms with Crippen LogP contribution in [-0.2, 0) is 18.4 Å². The molecule has 0 radical (unpaired) electrons. The highest BCUT2D eigenvalue weighted by Gasteiger charge is 2.38. The van der Waals surface area contributed by atoms with Crippen LogP contribution in [0.1, 0.15) is 74.1 Å². The van der Waals surface area contributed by atoms with E-state index in [4.69, 9.17) is 13.6 Å². The molecule has 0 aliphatic carbocycles. The van der Waals surface area contributed by atoms with Gasteiger partial charge in [-0.25, -0.2) is 0 Å². The molecule has 0 aromatic heterocycles. The molecule has 0 aliphatic rings. The normalized spacial score (nSPS) is 13.9. The van der Waals surface area contributed by atoms with Crippen LogP contribution in [-0.4, -0.2) is 42.4 Å². The highest BCUT2D eigenvalue weighted by Crippen LogP contribution is 2.37. The van der Waals surface area contributed by atoms with Gasteiger partial charge < -0.3 is 13.6 Å². The first-order valence-electron chi connectivity index (χ1n) is 11.0. The maximum atomic E-state index is 12.4. The number of carbonyl (C=O) groups is 1. The van der Waals surface area contributed by atoms with E-state index in [0.29, 0.717) is 6.61 Å². The summed E-state index contributed by atoms with van der Waals surface area (Å²) >= 11 is 0. The van der Waals surface area contributed by atoms with Crippen molar-refractivity contribution >= 4 is 22.6 Å². The number of hydrogen-bond acceptors (Lipinski definition) is 4. The third kappa shape index (κ3) is 9.55. The van der Waals surface area contributed by atoms with Crippen LogP contribution in [0.15, 0.2) is 0 Å². The molecule has 0 aromatic carbocycles. The highest BCUT2D eigenvalue weighted by atomic mass is 28.4. The van der Waals surface area contributed by atoms with Crippen molar-refractivity contribution in [1.29, 1.82) is 0 Å². The minimum atomic E-state index is -1.72. The van der Waals surface area contributed by atoms with Crippen molar-refractivity contribution in [1.82, 2.24) is 0 Å². The molecule has 0 N–H and O–H groups in total. The van der Waals surface area contributed by atoms with E-state index in [2.05, 4.69) is 67.7 Å². The summed E-state index contributed by atoms with van der Waals surface area (Å²) < 4.78 is 17.8. The predicted molar refractivity (Wildman–Crippen MR) is 125 cm³/mol. The van der Waals surface area contributed by atoms with Gasteiger partial charge in [0, 0.05) is 13.2 Å². The van der Waals surface area contributed by atoms with Crippen LogP contribution >= 0.6 is 0 Å². The summed E-state index contributed by atoms with van der Waals surface area (Å²) in [4.78, 5) is 12.4. The van der Waals surface area contributed by atoms with E-state index < -0.39 is 16.6 Å². The first-order valence-corrected chi connectivity index (χ1v) is 16.8. The standard InChI is InChI=1S/C22H48O4Si2/c1-12-24-20(23)19(15-13-17-25-27(8,9)21(2,3)4)16-14-18-26-28(10,11)22(5,6)7/h19H,12-18H2,1-11H3. The van der Waals surface area contributed by atoms with Gasteiger partial charge in [0.05, 0.1) is 12.5 Å². The van der Waals surface area contributed by atoms with E-state index in [9.17, 15) is 4.79 Å². The van der Waals surface area contributed by atoms with E-state index in [1.807, 2.05) is 6.92 Å². The number of carbonyl (C=O) groups excluding carboxylic acids is 1. The molecule has 0 spiro atoms. The average molecular weight is 433 g/mol. The number of esters is 1. The Balaban J connectivity index is 4.51. The Morgan fingerprint density at radius 3 is 1.43 bits per heavy atom. The fourth-order valence-corrected chi connectivity index (χ4v) is 4.56. The summed E-state index contributed by atoms with van der Waals surface area (Å²) in [6.07, 6.45) is 3.46. The largest absolute Gasteiger partial charge is 0.466 e. The second-order valence-corrected chi connectivity index (χ2v) is 20.6. The van der Waals surface area contributed by atoms with Crippen LogP contribution in [0.3, 0.4) is 0 Å². The lowest BCUT2D eigenvalue weighted by atomic mass is 9.98. The monoisotopic (exact) mass is 432 g/mol. The fraction of sp³-hybridized carbons (Fsp3) is 0.955. The van der Waals surface area contributed by atoms with Gasteiger partial charge in [0.2, 0.25) is 0 Å². The van der Waals surface area contributed by atoms with Crippen LogP contribution in [0.2, 0.25) is 36.3 Å². The third-order valence-corrected chi connectivity index (χ3v) is 15.6. The molecule has 0 atom stereocenters. The Bertz CT molecular complexity index is 428. The van der Waals surface area contributed by atoms with E-state index in [1.165, 1.54) is 0 Å². The van der Waals surface area contributed by atoms with Crippen molar-refractivity contribution in [2.24, 2.45) is 5.92 Å². The Hall–Kier alpha value is -0.176. The molecule has 0 saturated heterocycles. The fourth-order valence-electron chi connectivity index (χ4n) is 2.39. The zero-order valence-electron chi connectivity index (χ0n) is 20.7. The molecule has 0 heterocycles. The van der Waals surface area contributed by atoms with Crippen LogP contribution in [0.25, 0.3) is 0 Å². The summed E-state index contributed by atoms with van der Waals surface area (Å²) in [6, 6.07) is 0. The van der Waals surface area contributed by atoms with Gasteiger partial charge in [-0.1, -0.05) is 41.5 Å². The van der Waals surface area contributed by atoms with Gasteiger partial charge in [0.1, 0.15) is 0 Å². The van der Waals surface area contributed by atoms with E-state index in [-0.39, 0.29) is 22.0 Å². The molecule has 0 aromatic rings. The van der Waals surface area contributed by atoms with E-state index >= 15 is 0 Å². The van der Waals surface area contributed by atoms with Crippen molar-refractivity contribution in [2.75, 3.05) is 19.8 Å². The van der Waals surface area contributed by atoms with Crippen molar-refractivity contribution in [3.05, 3.63) is 0 Å². The van der Waals surface area contributed by atoms with Crippen molar-refractivity contribution in [3.63, 3.8) is 0 Å². The summed E-state index contributed by atoms with van der Waals surface area (Å²) in [7, 11) is -3.44. The van der Waals surface area contributed by atoms with Gasteiger partial charge in [-0.2, -0.15) is 0 Å². The van der Waals surface area contributed by atoms with Gasteiger partial charge in [0.15, 0.2) is 16.6 Å². The van der Waals surface area contributed by atoms with Gasteiger partial charge in [-0.3, -0.25) is 4.79 Å². The Morgan fingerprint density at radius 2 is 1.14 bits per heavy atom. The van der Waals surface area contributed by atoms with Crippen molar-refractivity contribution in [2.45, 2.75) is 110 Å². The Labute approximate surface area is 177 Å². The molecule has 0 bridgehead atoms. The molecular formula is C22H48O4Si2. The van der Waals surface area contributed by atoms with Gasteiger partial charge in [0.25, 0.3) is 0 Å². The van der Waals surface area contributed by atoms with Gasteiger partial charge >= 0.3 is 5.97 Å². The zero-order chi connectivity index (χ0) is 22.2. The summed E-state index contributed by atoms with van der Waals surface area (Å²) in [5.74, 6) is -0.117. The number of rotatable bonds is 12. The second kappa shape index (κ2) is 11.3. The Morgan fingerprint density at radius 1 is 0.786 bits per heavy atom. The van der Waals surface area contributed by atoms with Crippen LogP contribution < -0.4 is 0 Å². The zero-order valence-corrected chi connectivity index (χ0v) is 22.7. The minimum absolute atomic E-state index is 0.0500. The quantitative estimate of drug-likeness (QED) is 0.194. The predicted octanol–water partition coefficient (Wildman–Crippen LogP) is 6.77. The Kier molecular flexibility index (Phi) is 11.2. The molecule has 0 unspecified atom stereocenters. The molecule has 4 nitrogen and oxygen atoms in total. The summed E-state index contributed by atoms with van der Waals surface area (Å²) in [5.41, 5.74) is 0. The van der Waals surface area contributed by atoms with Crippen LogP contribution in [0.4, 0.5) is 0 Å². The minimum Gasteiger partial charge on any atom is -0.466 e. The van der Waals surface area contributed by atoms with E-state index in [1.54, 1.807) is 0 Å². The second-order valence-electron chi connectivity index (χ2n) is 11.0. The van der Waals surface area contributed by atoms with Crippen LogP contribution in [0, 0.1) is 5.92 Å². The van der Waals surface area contributed by atoms with Crippen molar-refractivity contribution < 1.29 is 18.4 Å².